The van der Waals surface area contributed by atoms with Gasteiger partial charge in [-0.2, -0.15) is 4.98 Å². The van der Waals surface area contributed by atoms with Gasteiger partial charge in [-0.1, -0.05) is 30.1 Å². The number of halogens is 2. The minimum absolute atomic E-state index is 0. The van der Waals surface area contributed by atoms with Gasteiger partial charge in [-0.25, -0.2) is 4.39 Å². The van der Waals surface area contributed by atoms with Crippen molar-refractivity contribution in [3.8, 4) is 0 Å². The van der Waals surface area contributed by atoms with E-state index in [1.54, 1.807) is 12.1 Å². The van der Waals surface area contributed by atoms with Crippen molar-refractivity contribution in [1.29, 1.82) is 0 Å². The van der Waals surface area contributed by atoms with Crippen LogP contribution in [0.5, 0.6) is 0 Å². The van der Waals surface area contributed by atoms with Crippen LogP contribution in [-0.4, -0.2) is 10.1 Å². The van der Waals surface area contributed by atoms with E-state index in [1.807, 2.05) is 6.07 Å². The van der Waals surface area contributed by atoms with Gasteiger partial charge in [0, 0.05) is 0 Å². The summed E-state index contributed by atoms with van der Waals surface area (Å²) in [6, 6.07) is 6.66. The second-order valence-electron chi connectivity index (χ2n) is 6.38. The minimum Gasteiger partial charge on any atom is -0.338 e. The number of nitrogens with two attached hydrogens (primary N) is 1. The van der Waals surface area contributed by atoms with Crippen LogP contribution >= 0.6 is 12.4 Å². The van der Waals surface area contributed by atoms with Gasteiger partial charge in [0.05, 0.1) is 11.0 Å². The maximum Gasteiger partial charge on any atom is 0.237 e. The van der Waals surface area contributed by atoms with Gasteiger partial charge in [-0.15, -0.1) is 12.4 Å². The van der Waals surface area contributed by atoms with Crippen molar-refractivity contribution >= 4 is 12.4 Å². The van der Waals surface area contributed by atoms with Crippen LogP contribution < -0.4 is 5.73 Å². The molecule has 0 saturated heterocycles. The summed E-state index contributed by atoms with van der Waals surface area (Å²) in [5.41, 5.74) is 6.54. The lowest BCUT2D eigenvalue weighted by molar-refractivity contribution is 0.337. The molecule has 0 atom stereocenters. The van der Waals surface area contributed by atoms with Crippen LogP contribution in [0.25, 0.3) is 0 Å². The van der Waals surface area contributed by atoms with Crippen molar-refractivity contribution in [1.82, 2.24) is 10.1 Å². The molecule has 2 saturated carbocycles. The number of hydrogen-bond acceptors (Lipinski definition) is 4. The molecule has 1 heterocycles. The molecule has 6 heteroatoms. The Morgan fingerprint density at radius 3 is 2.50 bits per heavy atom. The Bertz CT molecular complexity index is 678. The Hall–Kier alpha value is -1.46. The van der Waals surface area contributed by atoms with Gasteiger partial charge < -0.3 is 10.3 Å². The largest absolute Gasteiger partial charge is 0.338 e. The van der Waals surface area contributed by atoms with Gasteiger partial charge in [0.25, 0.3) is 0 Å². The molecule has 2 N–H and O–H groups in total. The summed E-state index contributed by atoms with van der Waals surface area (Å²) in [5, 5.41) is 4.12. The summed E-state index contributed by atoms with van der Waals surface area (Å²) in [7, 11) is 0. The Kier molecular flexibility index (Phi) is 3.73. The van der Waals surface area contributed by atoms with Gasteiger partial charge in [-0.3, -0.25) is 0 Å². The minimum atomic E-state index is -0.445. The second kappa shape index (κ2) is 5.32. The number of benzene rings is 1. The molecule has 1 aromatic heterocycles. The van der Waals surface area contributed by atoms with Crippen molar-refractivity contribution in [3.63, 3.8) is 0 Å². The molecule has 22 heavy (non-hydrogen) atoms. The standard InChI is InChI=1S/C16H18FN3O.ClH/c17-12-5-3-4-11(10-12)15(8-9-15)14-19-13(20-21-14)16(18)6-1-2-7-16;/h3-5,10H,1-2,6-9,18H2;1H. The molecule has 1 aromatic carbocycles. The van der Waals surface area contributed by atoms with Crippen molar-refractivity contribution < 1.29 is 8.91 Å². The molecule has 2 aliphatic carbocycles. The molecular weight excluding hydrogens is 305 g/mol. The van der Waals surface area contributed by atoms with Gasteiger partial charge in [-0.05, 0) is 43.4 Å². The zero-order valence-electron chi connectivity index (χ0n) is 12.2. The predicted octanol–water partition coefficient (Wildman–Crippen LogP) is 3.44. The zero-order valence-corrected chi connectivity index (χ0v) is 13.0. The Morgan fingerprint density at radius 2 is 1.86 bits per heavy atom. The molecule has 4 rings (SSSR count). The van der Waals surface area contributed by atoms with E-state index in [0.29, 0.717) is 11.7 Å². The van der Waals surface area contributed by atoms with Crippen LogP contribution in [0.1, 0.15) is 55.8 Å². The molecule has 0 radical (unpaired) electrons. The third-order valence-corrected chi connectivity index (χ3v) is 4.90. The average Bonchev–Trinajstić information content (AvgIpc) is 2.92. The van der Waals surface area contributed by atoms with Crippen molar-refractivity contribution in [2.24, 2.45) is 5.73 Å². The van der Waals surface area contributed by atoms with E-state index >= 15 is 0 Å². The van der Waals surface area contributed by atoms with Crippen molar-refractivity contribution in [2.45, 2.75) is 49.5 Å². The van der Waals surface area contributed by atoms with Gasteiger partial charge in [0.15, 0.2) is 5.82 Å². The lowest BCUT2D eigenvalue weighted by atomic mass is 9.95. The SMILES string of the molecule is Cl.NC1(c2noc(C3(c4cccc(F)c4)CC3)n2)CCCC1. The first-order valence-corrected chi connectivity index (χ1v) is 7.52. The molecule has 0 bridgehead atoms. The Labute approximate surface area is 134 Å². The molecule has 4 nitrogen and oxygen atoms in total. The van der Waals surface area contributed by atoms with Crippen LogP contribution in [-0.2, 0) is 11.0 Å². The monoisotopic (exact) mass is 323 g/mol. The fourth-order valence-electron chi connectivity index (χ4n) is 3.39. The summed E-state index contributed by atoms with van der Waals surface area (Å²) >= 11 is 0. The smallest absolute Gasteiger partial charge is 0.237 e. The van der Waals surface area contributed by atoms with Crippen molar-refractivity contribution in [2.75, 3.05) is 0 Å². The maximum atomic E-state index is 13.5. The highest BCUT2D eigenvalue weighted by Crippen LogP contribution is 2.53. The third-order valence-electron chi connectivity index (χ3n) is 4.90. The van der Waals surface area contributed by atoms with E-state index in [0.717, 1.165) is 44.1 Å². The van der Waals surface area contributed by atoms with E-state index in [9.17, 15) is 4.39 Å². The first kappa shape index (κ1) is 15.4. The molecule has 2 aliphatic rings. The first-order chi connectivity index (χ1) is 10.1. The molecule has 2 aromatic rings. The predicted molar refractivity (Wildman–Crippen MR) is 82.3 cm³/mol. The average molecular weight is 324 g/mol. The summed E-state index contributed by atoms with van der Waals surface area (Å²) in [6.45, 7) is 0. The highest BCUT2D eigenvalue weighted by atomic mass is 35.5. The molecular formula is C16H19ClFN3O. The molecule has 0 aliphatic heterocycles. The summed E-state index contributed by atoms with van der Waals surface area (Å²) in [6.07, 6.45) is 5.84. The van der Waals surface area contributed by atoms with E-state index in [4.69, 9.17) is 10.3 Å². The van der Waals surface area contributed by atoms with E-state index < -0.39 is 5.54 Å². The van der Waals surface area contributed by atoms with Crippen molar-refractivity contribution in [3.05, 3.63) is 47.4 Å². The quantitative estimate of drug-likeness (QED) is 0.939. The fraction of sp³-hybridized carbons (Fsp3) is 0.500. The van der Waals surface area contributed by atoms with Gasteiger partial charge >= 0.3 is 0 Å². The van der Waals surface area contributed by atoms with Crippen LogP contribution in [0.4, 0.5) is 4.39 Å². The lowest BCUT2D eigenvalue weighted by Crippen LogP contribution is -2.34. The highest BCUT2D eigenvalue weighted by Gasteiger charge is 2.52. The molecule has 0 unspecified atom stereocenters. The fourth-order valence-corrected chi connectivity index (χ4v) is 3.39. The number of hydrogen-bond donors (Lipinski definition) is 1. The summed E-state index contributed by atoms with van der Waals surface area (Å²) in [5.74, 6) is 0.960. The van der Waals surface area contributed by atoms with Gasteiger partial charge in [0.1, 0.15) is 5.82 Å². The molecule has 0 spiro atoms. The number of rotatable bonds is 3. The third kappa shape index (κ3) is 2.32. The molecule has 0 amide bonds. The number of nitrogens with zero attached hydrogens (tertiary/aromatic N) is 2. The summed E-state index contributed by atoms with van der Waals surface area (Å²) < 4.78 is 19.0. The topological polar surface area (TPSA) is 64.9 Å². The number of aromatic nitrogens is 2. The van der Waals surface area contributed by atoms with E-state index in [1.165, 1.54) is 6.07 Å². The van der Waals surface area contributed by atoms with E-state index in [2.05, 4.69) is 10.1 Å². The normalized spacial score (nSPS) is 21.4. The Balaban J connectivity index is 0.00000144. The van der Waals surface area contributed by atoms with E-state index in [-0.39, 0.29) is 23.6 Å². The molecule has 118 valence electrons. The van der Waals surface area contributed by atoms with Crippen LogP contribution in [0.3, 0.4) is 0 Å². The lowest BCUT2D eigenvalue weighted by Gasteiger charge is -2.18. The molecule has 2 fully saturated rings. The van der Waals surface area contributed by atoms with Crippen LogP contribution in [0.15, 0.2) is 28.8 Å². The van der Waals surface area contributed by atoms with Crippen LogP contribution in [0, 0.1) is 5.82 Å². The highest BCUT2D eigenvalue weighted by molar-refractivity contribution is 5.85. The maximum absolute atomic E-state index is 13.5. The summed E-state index contributed by atoms with van der Waals surface area (Å²) in [4.78, 5) is 4.58. The first-order valence-electron chi connectivity index (χ1n) is 7.52. The zero-order chi connectivity index (χ0) is 14.5. The van der Waals surface area contributed by atoms with Crippen LogP contribution in [0.2, 0.25) is 0 Å². The Morgan fingerprint density at radius 1 is 1.14 bits per heavy atom. The van der Waals surface area contributed by atoms with Gasteiger partial charge in [0.2, 0.25) is 5.89 Å². The second-order valence-corrected chi connectivity index (χ2v) is 6.38.